The fraction of sp³-hybridized carbons (Fsp3) is 0.115. The van der Waals surface area contributed by atoms with Crippen LogP contribution in [0.2, 0.25) is 0 Å². The van der Waals surface area contributed by atoms with Gasteiger partial charge in [0.1, 0.15) is 11.8 Å². The van der Waals surface area contributed by atoms with Crippen molar-refractivity contribution in [2.45, 2.75) is 13.0 Å². The number of carbonyl (C=O) groups is 1. The molecule has 7 heteroatoms. The van der Waals surface area contributed by atoms with E-state index in [0.29, 0.717) is 11.7 Å². The molecule has 1 atom stereocenters. The van der Waals surface area contributed by atoms with Crippen molar-refractivity contribution < 1.29 is 9.53 Å². The predicted octanol–water partition coefficient (Wildman–Crippen LogP) is 4.66. The van der Waals surface area contributed by atoms with Gasteiger partial charge >= 0.3 is 0 Å². The van der Waals surface area contributed by atoms with Gasteiger partial charge in [0.15, 0.2) is 6.61 Å². The summed E-state index contributed by atoms with van der Waals surface area (Å²) in [6.45, 7) is 1.93. The lowest BCUT2D eigenvalue weighted by Gasteiger charge is -2.24. The van der Waals surface area contributed by atoms with Crippen LogP contribution in [0, 0.1) is 6.92 Å². The van der Waals surface area contributed by atoms with Gasteiger partial charge in [-0.15, -0.1) is 5.10 Å². The van der Waals surface area contributed by atoms with Crippen molar-refractivity contribution in [3.05, 3.63) is 108 Å². The van der Waals surface area contributed by atoms with Crippen molar-refractivity contribution in [2.75, 3.05) is 17.2 Å². The maximum atomic E-state index is 12.4. The number of amides is 1. The summed E-state index contributed by atoms with van der Waals surface area (Å²) in [5.74, 6) is 1.08. The molecule has 0 aliphatic carbocycles. The number of carbonyl (C=O) groups excluding carboxylic acids is 1. The number of aryl methyl sites for hydroxylation is 1. The lowest BCUT2D eigenvalue weighted by atomic mass is 10.0. The van der Waals surface area contributed by atoms with Crippen LogP contribution in [-0.2, 0) is 4.79 Å². The lowest BCUT2D eigenvalue weighted by Crippen LogP contribution is -2.21. The first-order chi connectivity index (χ1) is 16.2. The number of para-hydroxylation sites is 1. The zero-order valence-corrected chi connectivity index (χ0v) is 18.1. The molecule has 0 bridgehead atoms. The van der Waals surface area contributed by atoms with E-state index in [1.807, 2.05) is 48.5 Å². The summed E-state index contributed by atoms with van der Waals surface area (Å²) < 4.78 is 7.30. The first-order valence-electron chi connectivity index (χ1n) is 10.7. The van der Waals surface area contributed by atoms with Crippen LogP contribution in [0.1, 0.15) is 22.7 Å². The molecular formula is C26H23N5O2. The summed E-state index contributed by atoms with van der Waals surface area (Å²) in [7, 11) is 0. The predicted molar refractivity (Wildman–Crippen MR) is 128 cm³/mol. The first-order valence-corrected chi connectivity index (χ1v) is 10.7. The summed E-state index contributed by atoms with van der Waals surface area (Å²) in [6.07, 6.45) is 2.12. The lowest BCUT2D eigenvalue weighted by molar-refractivity contribution is -0.118. The molecule has 2 N–H and O–H groups in total. The van der Waals surface area contributed by atoms with Gasteiger partial charge in [0, 0.05) is 5.70 Å². The van der Waals surface area contributed by atoms with Crippen molar-refractivity contribution in [1.82, 2.24) is 14.8 Å². The Morgan fingerprint density at radius 1 is 1.00 bits per heavy atom. The molecule has 0 radical (unpaired) electrons. The van der Waals surface area contributed by atoms with Crippen molar-refractivity contribution in [1.29, 1.82) is 0 Å². The van der Waals surface area contributed by atoms with Gasteiger partial charge in [-0.05, 0) is 36.3 Å². The van der Waals surface area contributed by atoms with E-state index >= 15 is 0 Å². The van der Waals surface area contributed by atoms with Crippen LogP contribution in [0.4, 0.5) is 11.9 Å². The van der Waals surface area contributed by atoms with Gasteiger partial charge in [-0.2, -0.15) is 4.98 Å². The number of hydrogen-bond acceptors (Lipinski definition) is 5. The monoisotopic (exact) mass is 437 g/mol. The van der Waals surface area contributed by atoms with Crippen LogP contribution in [0.5, 0.6) is 5.75 Å². The number of benzene rings is 3. The molecule has 7 nitrogen and oxygen atoms in total. The van der Waals surface area contributed by atoms with Crippen LogP contribution in [0.3, 0.4) is 0 Å². The molecule has 0 saturated carbocycles. The van der Waals surface area contributed by atoms with Crippen molar-refractivity contribution >= 4 is 23.5 Å². The topological polar surface area (TPSA) is 81.1 Å². The molecule has 1 unspecified atom stereocenters. The fourth-order valence-electron chi connectivity index (χ4n) is 3.66. The standard InChI is InChI=1S/C26H23N5O2/c1-18-12-14-20(15-13-18)23-16-22(19-8-4-2-5-9-19)27-26-29-25(30-31(23)26)28-24(32)17-33-21-10-6-3-7-11-21/h2-16,23H,17H2,1H3,(H2,27,28,29,30,32). The van der Waals surface area contributed by atoms with Crippen LogP contribution in [0.15, 0.2) is 91.0 Å². The molecule has 164 valence electrons. The average Bonchev–Trinajstić information content (AvgIpc) is 3.26. The highest BCUT2D eigenvalue weighted by Gasteiger charge is 2.25. The van der Waals surface area contributed by atoms with E-state index in [-0.39, 0.29) is 24.5 Å². The van der Waals surface area contributed by atoms with Crippen molar-refractivity contribution in [3.8, 4) is 5.75 Å². The number of nitrogens with zero attached hydrogens (tertiary/aromatic N) is 3. The number of hydrogen-bond donors (Lipinski definition) is 2. The van der Waals surface area contributed by atoms with Gasteiger partial charge in [-0.25, -0.2) is 4.68 Å². The Labute approximate surface area is 191 Å². The summed E-state index contributed by atoms with van der Waals surface area (Å²) in [6, 6.07) is 27.4. The fourth-order valence-corrected chi connectivity index (χ4v) is 3.66. The Kier molecular flexibility index (Phi) is 5.59. The van der Waals surface area contributed by atoms with Crippen molar-refractivity contribution in [3.63, 3.8) is 0 Å². The second-order valence-corrected chi connectivity index (χ2v) is 7.78. The molecule has 3 aromatic carbocycles. The molecule has 33 heavy (non-hydrogen) atoms. The third-order valence-corrected chi connectivity index (χ3v) is 5.33. The molecule has 4 aromatic rings. The Morgan fingerprint density at radius 2 is 1.70 bits per heavy atom. The number of allylic oxidation sites excluding steroid dienone is 1. The summed E-state index contributed by atoms with van der Waals surface area (Å²) in [4.78, 5) is 16.9. The highest BCUT2D eigenvalue weighted by molar-refractivity contribution is 5.90. The minimum atomic E-state index is -0.329. The zero-order chi connectivity index (χ0) is 22.6. The number of ether oxygens (including phenoxy) is 1. The summed E-state index contributed by atoms with van der Waals surface area (Å²) >= 11 is 0. The number of anilines is 2. The van der Waals surface area contributed by atoms with Crippen LogP contribution < -0.4 is 15.4 Å². The largest absolute Gasteiger partial charge is 0.484 e. The number of fused-ring (bicyclic) bond motifs is 1. The van der Waals surface area contributed by atoms with Gasteiger partial charge in [0.25, 0.3) is 11.9 Å². The van der Waals surface area contributed by atoms with E-state index in [4.69, 9.17) is 4.74 Å². The van der Waals surface area contributed by atoms with Crippen LogP contribution >= 0.6 is 0 Å². The van der Waals surface area contributed by atoms with E-state index in [2.05, 4.69) is 58.0 Å². The van der Waals surface area contributed by atoms with Gasteiger partial charge in [0.2, 0.25) is 5.95 Å². The van der Waals surface area contributed by atoms with Crippen LogP contribution in [0.25, 0.3) is 5.70 Å². The van der Waals surface area contributed by atoms with E-state index in [1.165, 1.54) is 5.56 Å². The number of aromatic nitrogens is 3. The average molecular weight is 438 g/mol. The second-order valence-electron chi connectivity index (χ2n) is 7.78. The third-order valence-electron chi connectivity index (χ3n) is 5.33. The van der Waals surface area contributed by atoms with Gasteiger partial charge in [-0.3, -0.25) is 10.1 Å². The summed E-state index contributed by atoms with van der Waals surface area (Å²) in [5.41, 5.74) is 4.24. The first kappa shape index (κ1) is 20.5. The van der Waals surface area contributed by atoms with E-state index in [0.717, 1.165) is 16.8 Å². The van der Waals surface area contributed by atoms with Gasteiger partial charge in [0.05, 0.1) is 0 Å². The molecule has 1 aromatic heterocycles. The molecular weight excluding hydrogens is 414 g/mol. The van der Waals surface area contributed by atoms with Crippen LogP contribution in [-0.4, -0.2) is 27.3 Å². The normalized spacial score (nSPS) is 14.6. The molecule has 2 heterocycles. The maximum absolute atomic E-state index is 12.4. The Bertz CT molecular complexity index is 1280. The van der Waals surface area contributed by atoms with Gasteiger partial charge < -0.3 is 10.1 Å². The SMILES string of the molecule is Cc1ccc(C2C=C(c3ccccc3)Nc3nc(NC(=O)COc4ccccc4)nn32)cc1. The molecule has 5 rings (SSSR count). The Morgan fingerprint density at radius 3 is 2.42 bits per heavy atom. The second kappa shape index (κ2) is 9.00. The van der Waals surface area contributed by atoms with Gasteiger partial charge in [-0.1, -0.05) is 78.4 Å². The Hall–Kier alpha value is -4.39. The molecule has 1 aliphatic rings. The number of rotatable bonds is 6. The quantitative estimate of drug-likeness (QED) is 0.459. The highest BCUT2D eigenvalue weighted by atomic mass is 16.5. The molecule has 1 amide bonds. The highest BCUT2D eigenvalue weighted by Crippen LogP contribution is 2.33. The smallest absolute Gasteiger partial charge is 0.264 e. The minimum Gasteiger partial charge on any atom is -0.484 e. The minimum absolute atomic E-state index is 0.129. The molecule has 0 saturated heterocycles. The Balaban J connectivity index is 1.40. The molecule has 0 fully saturated rings. The zero-order valence-electron chi connectivity index (χ0n) is 18.1. The number of nitrogens with one attached hydrogen (secondary N) is 2. The van der Waals surface area contributed by atoms with E-state index in [1.54, 1.807) is 16.8 Å². The maximum Gasteiger partial charge on any atom is 0.264 e. The summed E-state index contributed by atoms with van der Waals surface area (Å²) in [5, 5.41) is 10.6. The van der Waals surface area contributed by atoms with E-state index < -0.39 is 0 Å². The third kappa shape index (κ3) is 4.62. The van der Waals surface area contributed by atoms with Crippen molar-refractivity contribution in [2.24, 2.45) is 0 Å². The molecule has 1 aliphatic heterocycles. The van der Waals surface area contributed by atoms with E-state index in [9.17, 15) is 4.79 Å². The molecule has 0 spiro atoms.